The number of rotatable bonds is 6. The summed E-state index contributed by atoms with van der Waals surface area (Å²) < 4.78 is 35.6. The molecule has 1 N–H and O–H groups in total. The highest BCUT2D eigenvalue weighted by Crippen LogP contribution is 2.18. The van der Waals surface area contributed by atoms with E-state index in [1.165, 1.54) is 12.1 Å². The van der Waals surface area contributed by atoms with E-state index < -0.39 is 17.2 Å². The average Bonchev–Trinajstić information content (AvgIpc) is 2.26. The van der Waals surface area contributed by atoms with Gasteiger partial charge >= 0.3 is 0 Å². The Bertz CT molecular complexity index is 367. The Kier molecular flexibility index (Phi) is 5.71. The van der Waals surface area contributed by atoms with Gasteiger partial charge in [-0.1, -0.05) is 24.3 Å². The van der Waals surface area contributed by atoms with Crippen LogP contribution in [0.2, 0.25) is 0 Å². The number of hydrogen-bond donors (Lipinski definition) is 1. The molecular formula is C12H17F2NOS. The Labute approximate surface area is 103 Å². The molecule has 0 saturated carbocycles. The SMILES string of the molecule is CC(CS(C)=O)NCc1ccc(C(F)F)cc1. The quantitative estimate of drug-likeness (QED) is 0.852. The Morgan fingerprint density at radius 2 is 1.88 bits per heavy atom. The first kappa shape index (κ1) is 14.3. The van der Waals surface area contributed by atoms with Crippen molar-refractivity contribution in [2.45, 2.75) is 25.9 Å². The van der Waals surface area contributed by atoms with Gasteiger partial charge in [-0.05, 0) is 12.5 Å². The van der Waals surface area contributed by atoms with E-state index in [1.54, 1.807) is 18.4 Å². The van der Waals surface area contributed by atoms with E-state index >= 15 is 0 Å². The van der Waals surface area contributed by atoms with Crippen LogP contribution in [0.4, 0.5) is 8.78 Å². The van der Waals surface area contributed by atoms with Crippen molar-refractivity contribution in [1.82, 2.24) is 5.32 Å². The first-order valence-electron chi connectivity index (χ1n) is 5.39. The van der Waals surface area contributed by atoms with Gasteiger partial charge in [0, 0.05) is 41.0 Å². The number of alkyl halides is 2. The molecule has 0 heterocycles. The molecule has 1 aromatic rings. The molecule has 0 aliphatic carbocycles. The third-order valence-electron chi connectivity index (χ3n) is 2.37. The van der Waals surface area contributed by atoms with Crippen LogP contribution < -0.4 is 5.32 Å². The van der Waals surface area contributed by atoms with Crippen LogP contribution in [0.15, 0.2) is 24.3 Å². The van der Waals surface area contributed by atoms with Crippen molar-refractivity contribution in [1.29, 1.82) is 0 Å². The topological polar surface area (TPSA) is 29.1 Å². The van der Waals surface area contributed by atoms with Gasteiger partial charge in [0.05, 0.1) is 0 Å². The van der Waals surface area contributed by atoms with Gasteiger partial charge in [-0.3, -0.25) is 4.21 Å². The highest BCUT2D eigenvalue weighted by atomic mass is 32.2. The molecule has 0 aliphatic rings. The molecule has 2 nitrogen and oxygen atoms in total. The molecule has 0 amide bonds. The van der Waals surface area contributed by atoms with E-state index in [1.807, 2.05) is 6.92 Å². The summed E-state index contributed by atoms with van der Waals surface area (Å²) in [6, 6.07) is 6.39. The van der Waals surface area contributed by atoms with Crippen molar-refractivity contribution in [3.8, 4) is 0 Å². The fraction of sp³-hybridized carbons (Fsp3) is 0.500. The summed E-state index contributed by atoms with van der Waals surface area (Å²) in [5, 5.41) is 3.20. The summed E-state index contributed by atoms with van der Waals surface area (Å²) in [6.45, 7) is 2.55. The summed E-state index contributed by atoms with van der Waals surface area (Å²) in [5.41, 5.74) is 0.986. The van der Waals surface area contributed by atoms with E-state index in [0.717, 1.165) is 5.56 Å². The van der Waals surface area contributed by atoms with Gasteiger partial charge < -0.3 is 5.32 Å². The Balaban J connectivity index is 2.44. The van der Waals surface area contributed by atoms with Crippen LogP contribution in [0.5, 0.6) is 0 Å². The third-order valence-corrected chi connectivity index (χ3v) is 3.34. The van der Waals surface area contributed by atoms with E-state index in [0.29, 0.717) is 12.3 Å². The molecule has 2 atom stereocenters. The van der Waals surface area contributed by atoms with E-state index in [9.17, 15) is 13.0 Å². The van der Waals surface area contributed by atoms with Gasteiger partial charge in [-0.25, -0.2) is 8.78 Å². The minimum absolute atomic E-state index is 0.0384. The molecule has 0 aromatic heterocycles. The lowest BCUT2D eigenvalue weighted by Crippen LogP contribution is -2.30. The molecule has 2 unspecified atom stereocenters. The lowest BCUT2D eigenvalue weighted by Gasteiger charge is -2.12. The van der Waals surface area contributed by atoms with Crippen molar-refractivity contribution in [3.63, 3.8) is 0 Å². The Hall–Kier alpha value is -0.810. The molecule has 0 fully saturated rings. The number of benzene rings is 1. The van der Waals surface area contributed by atoms with Crippen LogP contribution in [0.25, 0.3) is 0 Å². The van der Waals surface area contributed by atoms with Gasteiger partial charge in [-0.2, -0.15) is 0 Å². The predicted molar refractivity (Wildman–Crippen MR) is 66.6 cm³/mol. The maximum atomic E-state index is 12.3. The van der Waals surface area contributed by atoms with E-state index in [4.69, 9.17) is 0 Å². The zero-order chi connectivity index (χ0) is 12.8. The first-order valence-corrected chi connectivity index (χ1v) is 7.12. The zero-order valence-electron chi connectivity index (χ0n) is 9.95. The van der Waals surface area contributed by atoms with E-state index in [-0.39, 0.29) is 11.6 Å². The van der Waals surface area contributed by atoms with Crippen molar-refractivity contribution in [2.75, 3.05) is 12.0 Å². The van der Waals surface area contributed by atoms with Crippen LogP contribution in [0, 0.1) is 0 Å². The monoisotopic (exact) mass is 261 g/mol. The van der Waals surface area contributed by atoms with Gasteiger partial charge in [-0.15, -0.1) is 0 Å². The number of nitrogens with one attached hydrogen (secondary N) is 1. The van der Waals surface area contributed by atoms with Crippen LogP contribution in [-0.2, 0) is 17.3 Å². The molecule has 0 bridgehead atoms. The second kappa shape index (κ2) is 6.81. The predicted octanol–water partition coefficient (Wildman–Crippen LogP) is 2.48. The molecule has 0 radical (unpaired) electrons. The molecule has 0 saturated heterocycles. The molecule has 0 aliphatic heterocycles. The van der Waals surface area contributed by atoms with Gasteiger partial charge in [0.2, 0.25) is 0 Å². The van der Waals surface area contributed by atoms with Gasteiger partial charge in [0.1, 0.15) is 0 Å². The maximum Gasteiger partial charge on any atom is 0.263 e. The summed E-state index contributed by atoms with van der Waals surface area (Å²) in [5.74, 6) is 0.592. The molecule has 5 heteroatoms. The lowest BCUT2D eigenvalue weighted by atomic mass is 10.1. The highest BCUT2D eigenvalue weighted by Gasteiger charge is 2.07. The van der Waals surface area contributed by atoms with Crippen LogP contribution >= 0.6 is 0 Å². The molecule has 1 aromatic carbocycles. The summed E-state index contributed by atoms with van der Waals surface area (Å²) in [4.78, 5) is 0. The number of hydrogen-bond acceptors (Lipinski definition) is 2. The molecule has 0 spiro atoms. The Morgan fingerprint density at radius 1 is 1.29 bits per heavy atom. The maximum absolute atomic E-state index is 12.3. The van der Waals surface area contributed by atoms with Crippen LogP contribution in [0.1, 0.15) is 24.5 Å². The van der Waals surface area contributed by atoms with Crippen LogP contribution in [-0.4, -0.2) is 22.3 Å². The third kappa shape index (κ3) is 5.37. The van der Waals surface area contributed by atoms with Gasteiger partial charge in [0.25, 0.3) is 6.43 Å². The highest BCUT2D eigenvalue weighted by molar-refractivity contribution is 7.84. The molecular weight excluding hydrogens is 244 g/mol. The standard InChI is InChI=1S/C12H17F2NOS/c1-9(8-17(2)16)15-7-10-3-5-11(6-4-10)12(13)14/h3-6,9,12,15H,7-8H2,1-2H3. The minimum atomic E-state index is -2.42. The number of halogens is 2. The second-order valence-electron chi connectivity index (χ2n) is 4.06. The molecule has 1 rings (SSSR count). The fourth-order valence-corrected chi connectivity index (χ4v) is 2.31. The average molecular weight is 261 g/mol. The normalized spacial score (nSPS) is 14.9. The van der Waals surface area contributed by atoms with E-state index in [2.05, 4.69) is 5.32 Å². The van der Waals surface area contributed by atoms with Crippen LogP contribution in [0.3, 0.4) is 0 Å². The van der Waals surface area contributed by atoms with Crippen molar-refractivity contribution < 1.29 is 13.0 Å². The second-order valence-corrected chi connectivity index (χ2v) is 5.54. The minimum Gasteiger partial charge on any atom is -0.309 e. The summed E-state index contributed by atoms with van der Waals surface area (Å²) >= 11 is 0. The fourth-order valence-electron chi connectivity index (χ4n) is 1.48. The lowest BCUT2D eigenvalue weighted by molar-refractivity contribution is 0.151. The first-order chi connectivity index (χ1) is 7.99. The summed E-state index contributed by atoms with van der Waals surface area (Å²) in [6.07, 6.45) is -0.756. The van der Waals surface area contributed by atoms with Gasteiger partial charge in [0.15, 0.2) is 0 Å². The molecule has 17 heavy (non-hydrogen) atoms. The van der Waals surface area contributed by atoms with Crippen molar-refractivity contribution in [3.05, 3.63) is 35.4 Å². The molecule has 96 valence electrons. The zero-order valence-corrected chi connectivity index (χ0v) is 10.8. The van der Waals surface area contributed by atoms with Crippen molar-refractivity contribution in [2.24, 2.45) is 0 Å². The van der Waals surface area contributed by atoms with Crippen molar-refractivity contribution >= 4 is 10.8 Å². The smallest absolute Gasteiger partial charge is 0.263 e. The largest absolute Gasteiger partial charge is 0.309 e. The summed E-state index contributed by atoms with van der Waals surface area (Å²) in [7, 11) is -0.825. The Morgan fingerprint density at radius 3 is 2.35 bits per heavy atom.